The topological polar surface area (TPSA) is 51.2 Å². The van der Waals surface area contributed by atoms with Crippen LogP contribution in [0.4, 0.5) is 14.5 Å². The number of para-hydroxylation sites is 1. The van der Waals surface area contributed by atoms with Crippen LogP contribution in [0.25, 0.3) is 11.3 Å². The van der Waals surface area contributed by atoms with E-state index in [9.17, 15) is 13.6 Å². The van der Waals surface area contributed by atoms with E-state index in [1.165, 1.54) is 18.2 Å². The number of aryl methyl sites for hydroxylation is 1. The molecule has 1 heterocycles. The summed E-state index contributed by atoms with van der Waals surface area (Å²) in [6, 6.07) is 13.0. The zero-order valence-corrected chi connectivity index (χ0v) is 14.0. The van der Waals surface area contributed by atoms with Gasteiger partial charge in [0.05, 0.1) is 16.3 Å². The highest BCUT2D eigenvalue weighted by molar-refractivity contribution is 7.09. The summed E-state index contributed by atoms with van der Waals surface area (Å²) < 4.78 is 29.3. The van der Waals surface area contributed by atoms with Gasteiger partial charge < -0.3 is 10.1 Å². The van der Waals surface area contributed by atoms with Crippen molar-refractivity contribution in [3.05, 3.63) is 64.5 Å². The van der Waals surface area contributed by atoms with E-state index < -0.39 is 12.5 Å². The van der Waals surface area contributed by atoms with E-state index in [1.807, 2.05) is 24.4 Å². The molecule has 0 unspecified atom stereocenters. The second kappa shape index (κ2) is 7.40. The smallest absolute Gasteiger partial charge is 0.387 e. The lowest BCUT2D eigenvalue weighted by molar-refractivity contribution is -0.0501. The van der Waals surface area contributed by atoms with Gasteiger partial charge in [-0.2, -0.15) is 8.78 Å². The fourth-order valence-corrected chi connectivity index (χ4v) is 2.89. The summed E-state index contributed by atoms with van der Waals surface area (Å²) in [6.07, 6.45) is 0. The molecule has 1 N–H and O–H groups in total. The van der Waals surface area contributed by atoms with Crippen LogP contribution in [0.3, 0.4) is 0 Å². The summed E-state index contributed by atoms with van der Waals surface area (Å²) in [6.45, 7) is -1.06. The Morgan fingerprint density at radius 1 is 1.16 bits per heavy atom. The number of nitrogens with zero attached hydrogens (tertiary/aromatic N) is 1. The van der Waals surface area contributed by atoms with Gasteiger partial charge in [-0.25, -0.2) is 4.98 Å². The number of thiazole rings is 1. The lowest BCUT2D eigenvalue weighted by Crippen LogP contribution is -2.14. The highest BCUT2D eigenvalue weighted by Gasteiger charge is 2.15. The first-order valence-electron chi connectivity index (χ1n) is 7.40. The van der Waals surface area contributed by atoms with Crippen LogP contribution in [0, 0.1) is 6.92 Å². The number of hydrogen-bond donors (Lipinski definition) is 1. The van der Waals surface area contributed by atoms with Crippen molar-refractivity contribution in [3.8, 4) is 17.0 Å². The molecule has 3 rings (SSSR count). The van der Waals surface area contributed by atoms with E-state index in [4.69, 9.17) is 0 Å². The highest BCUT2D eigenvalue weighted by Crippen LogP contribution is 2.25. The van der Waals surface area contributed by atoms with Crippen LogP contribution in [0.1, 0.15) is 15.4 Å². The molecule has 128 valence electrons. The molecule has 0 bridgehead atoms. The van der Waals surface area contributed by atoms with Gasteiger partial charge in [0.2, 0.25) is 0 Å². The van der Waals surface area contributed by atoms with Crippen molar-refractivity contribution in [2.75, 3.05) is 5.32 Å². The lowest BCUT2D eigenvalue weighted by Gasteiger charge is -2.11. The SMILES string of the molecule is Cc1nc(-c2ccc(NC(=O)c3ccccc3OC(F)F)cc2)cs1. The molecule has 0 saturated carbocycles. The van der Waals surface area contributed by atoms with Gasteiger partial charge in [-0.1, -0.05) is 24.3 Å². The fraction of sp³-hybridized carbons (Fsp3) is 0.111. The van der Waals surface area contributed by atoms with Crippen LogP contribution >= 0.6 is 11.3 Å². The van der Waals surface area contributed by atoms with Crippen molar-refractivity contribution in [2.45, 2.75) is 13.5 Å². The molecule has 0 radical (unpaired) electrons. The highest BCUT2D eigenvalue weighted by atomic mass is 32.1. The largest absolute Gasteiger partial charge is 0.434 e. The van der Waals surface area contributed by atoms with Gasteiger partial charge in [-0.15, -0.1) is 11.3 Å². The van der Waals surface area contributed by atoms with Crippen molar-refractivity contribution in [1.29, 1.82) is 0 Å². The number of benzene rings is 2. The molecule has 0 aliphatic heterocycles. The number of hydrogen-bond acceptors (Lipinski definition) is 4. The molecule has 0 atom stereocenters. The number of amides is 1. The normalized spacial score (nSPS) is 10.7. The van der Waals surface area contributed by atoms with Crippen molar-refractivity contribution in [1.82, 2.24) is 4.98 Å². The third-order valence-electron chi connectivity index (χ3n) is 3.41. The van der Waals surface area contributed by atoms with E-state index >= 15 is 0 Å². The molecule has 3 aromatic rings. The molecule has 0 fully saturated rings. The van der Waals surface area contributed by atoms with Crippen LogP contribution < -0.4 is 10.1 Å². The van der Waals surface area contributed by atoms with E-state index in [0.29, 0.717) is 5.69 Å². The molecule has 1 amide bonds. The van der Waals surface area contributed by atoms with Gasteiger partial charge in [0, 0.05) is 16.6 Å². The number of carbonyl (C=O) groups excluding carboxylic acids is 1. The third kappa shape index (κ3) is 4.19. The van der Waals surface area contributed by atoms with Gasteiger partial charge >= 0.3 is 6.61 Å². The summed E-state index contributed by atoms with van der Waals surface area (Å²) >= 11 is 1.56. The van der Waals surface area contributed by atoms with Crippen LogP contribution in [0.15, 0.2) is 53.9 Å². The van der Waals surface area contributed by atoms with Gasteiger partial charge in [0.15, 0.2) is 0 Å². The number of aromatic nitrogens is 1. The number of carbonyl (C=O) groups is 1. The maximum absolute atomic E-state index is 12.4. The molecule has 0 aliphatic carbocycles. The van der Waals surface area contributed by atoms with Crippen LogP contribution in [0.5, 0.6) is 5.75 Å². The summed E-state index contributed by atoms with van der Waals surface area (Å²) in [5.74, 6) is -0.682. The second-order valence-electron chi connectivity index (χ2n) is 5.16. The Balaban J connectivity index is 1.75. The zero-order valence-electron chi connectivity index (χ0n) is 13.2. The first kappa shape index (κ1) is 17.0. The van der Waals surface area contributed by atoms with Crippen LogP contribution in [-0.2, 0) is 0 Å². The molecular weight excluding hydrogens is 346 g/mol. The molecule has 7 heteroatoms. The molecule has 1 aromatic heterocycles. The number of alkyl halides is 2. The van der Waals surface area contributed by atoms with Gasteiger partial charge in [-0.05, 0) is 31.2 Å². The minimum Gasteiger partial charge on any atom is -0.434 e. The van der Waals surface area contributed by atoms with Crippen molar-refractivity contribution in [2.24, 2.45) is 0 Å². The van der Waals surface area contributed by atoms with Crippen LogP contribution in [-0.4, -0.2) is 17.5 Å². The first-order valence-corrected chi connectivity index (χ1v) is 8.28. The van der Waals surface area contributed by atoms with Crippen molar-refractivity contribution >= 4 is 22.9 Å². The Bertz CT molecular complexity index is 879. The number of nitrogens with one attached hydrogen (secondary N) is 1. The minimum atomic E-state index is -2.99. The summed E-state index contributed by atoms with van der Waals surface area (Å²) in [4.78, 5) is 16.7. The van der Waals surface area contributed by atoms with Crippen molar-refractivity contribution in [3.63, 3.8) is 0 Å². The molecular formula is C18H14F2N2O2S. The molecule has 2 aromatic carbocycles. The molecule has 0 aliphatic rings. The van der Waals surface area contributed by atoms with Gasteiger partial charge in [0.25, 0.3) is 5.91 Å². The first-order chi connectivity index (χ1) is 12.0. The molecule has 4 nitrogen and oxygen atoms in total. The van der Waals surface area contributed by atoms with Crippen LogP contribution in [0.2, 0.25) is 0 Å². The van der Waals surface area contributed by atoms with E-state index in [-0.39, 0.29) is 11.3 Å². The van der Waals surface area contributed by atoms with Gasteiger partial charge in [-0.3, -0.25) is 4.79 Å². The van der Waals surface area contributed by atoms with Crippen molar-refractivity contribution < 1.29 is 18.3 Å². The number of ether oxygens (including phenoxy) is 1. The maximum Gasteiger partial charge on any atom is 0.387 e. The second-order valence-corrected chi connectivity index (χ2v) is 6.22. The van der Waals surface area contributed by atoms with E-state index in [0.717, 1.165) is 16.3 Å². The third-order valence-corrected chi connectivity index (χ3v) is 4.18. The number of rotatable bonds is 5. The Morgan fingerprint density at radius 3 is 2.52 bits per heavy atom. The summed E-state index contributed by atoms with van der Waals surface area (Å²) in [5.41, 5.74) is 2.40. The Labute approximate surface area is 147 Å². The minimum absolute atomic E-state index is 0.0435. The number of halogens is 2. The van der Waals surface area contributed by atoms with Gasteiger partial charge in [0.1, 0.15) is 5.75 Å². The van der Waals surface area contributed by atoms with E-state index in [2.05, 4.69) is 15.0 Å². The summed E-state index contributed by atoms with van der Waals surface area (Å²) in [7, 11) is 0. The molecule has 0 saturated heterocycles. The lowest BCUT2D eigenvalue weighted by atomic mass is 10.1. The number of anilines is 1. The average molecular weight is 360 g/mol. The Morgan fingerprint density at radius 2 is 1.88 bits per heavy atom. The predicted molar refractivity (Wildman–Crippen MR) is 93.3 cm³/mol. The molecule has 0 spiro atoms. The van der Waals surface area contributed by atoms with E-state index in [1.54, 1.807) is 29.5 Å². The monoisotopic (exact) mass is 360 g/mol. The standard InChI is InChI=1S/C18H14F2N2O2S/c1-11-21-15(10-25-11)12-6-8-13(9-7-12)22-17(23)14-4-2-3-5-16(14)24-18(19)20/h2-10,18H,1H3,(H,22,23). The fourth-order valence-electron chi connectivity index (χ4n) is 2.27. The Kier molecular flexibility index (Phi) is 5.04. The maximum atomic E-state index is 12.4. The molecule has 25 heavy (non-hydrogen) atoms. The predicted octanol–water partition coefficient (Wildman–Crippen LogP) is 4.97. The summed E-state index contributed by atoms with van der Waals surface area (Å²) in [5, 5.41) is 5.61. The quantitative estimate of drug-likeness (QED) is 0.699. The Hall–Kier alpha value is -2.80. The average Bonchev–Trinajstić information content (AvgIpc) is 3.02. The zero-order chi connectivity index (χ0) is 17.8.